The van der Waals surface area contributed by atoms with Crippen molar-refractivity contribution in [2.75, 3.05) is 45.5 Å². The summed E-state index contributed by atoms with van der Waals surface area (Å²) in [5.41, 5.74) is 2.18. The van der Waals surface area contributed by atoms with E-state index in [1.807, 2.05) is 0 Å². The Morgan fingerprint density at radius 3 is 2.14 bits per heavy atom. The van der Waals surface area contributed by atoms with Gasteiger partial charge in [0.05, 0.1) is 24.4 Å². The highest BCUT2D eigenvalue weighted by molar-refractivity contribution is 7.79. The van der Waals surface area contributed by atoms with E-state index in [4.69, 9.17) is 23.3 Å². The predicted octanol–water partition coefficient (Wildman–Crippen LogP) is -0.444. The minimum atomic E-state index is -4.67. The van der Waals surface area contributed by atoms with Crippen molar-refractivity contribution in [2.45, 2.75) is 24.5 Å². The van der Waals surface area contributed by atoms with Gasteiger partial charge in [-0.1, -0.05) is 0 Å². The maximum atomic E-state index is 13.9. The molecule has 3 aliphatic rings. The second kappa shape index (κ2) is 11.5. The number of nitrogens with zero attached hydrogens (tertiary/aromatic N) is 2. The number of nitrogens with one attached hydrogen (secondary N) is 1. The van der Waals surface area contributed by atoms with Crippen molar-refractivity contribution in [2.24, 2.45) is 17.6 Å². The van der Waals surface area contributed by atoms with Crippen LogP contribution in [-0.2, 0) is 35.9 Å². The number of aliphatic hydroxyl groups is 3. The predicted molar refractivity (Wildman–Crippen MR) is 149 cm³/mol. The maximum Gasteiger partial charge on any atom is 0.411 e. The summed E-state index contributed by atoms with van der Waals surface area (Å²) in [7, 11) is 2.96. The van der Waals surface area contributed by atoms with Gasteiger partial charge >= 0.3 is 16.5 Å². The summed E-state index contributed by atoms with van der Waals surface area (Å²) in [6.07, 6.45) is -0.789. The highest BCUT2D eigenvalue weighted by Crippen LogP contribution is 2.54. The zero-order chi connectivity index (χ0) is 32.9. The van der Waals surface area contributed by atoms with Crippen molar-refractivity contribution in [3.05, 3.63) is 34.1 Å². The number of fused-ring (bicyclic) bond motifs is 3. The third-order valence-corrected chi connectivity index (χ3v) is 7.60. The Kier molecular flexibility index (Phi) is 8.86. The molecule has 0 aliphatic heterocycles. The molecule has 1 fully saturated rings. The summed E-state index contributed by atoms with van der Waals surface area (Å²) in [5, 5.41) is 47.3. The van der Waals surface area contributed by atoms with E-state index < -0.39 is 80.3 Å². The van der Waals surface area contributed by atoms with Crippen LogP contribution < -0.4 is 16.0 Å². The zero-order valence-corrected chi connectivity index (χ0v) is 24.5. The molecular formula is C25H32N4O13S. The van der Waals surface area contributed by atoms with Crippen LogP contribution in [0.5, 0.6) is 5.75 Å². The van der Waals surface area contributed by atoms with Crippen LogP contribution in [0.2, 0.25) is 0 Å². The van der Waals surface area contributed by atoms with Gasteiger partial charge in [0, 0.05) is 31.3 Å². The fourth-order valence-electron chi connectivity index (χ4n) is 5.95. The molecule has 2 amide bonds. The fourth-order valence-corrected chi connectivity index (χ4v) is 5.95. The van der Waals surface area contributed by atoms with Gasteiger partial charge in [-0.15, -0.1) is 0 Å². The van der Waals surface area contributed by atoms with Crippen molar-refractivity contribution >= 4 is 51.1 Å². The van der Waals surface area contributed by atoms with E-state index in [0.717, 1.165) is 7.11 Å². The van der Waals surface area contributed by atoms with E-state index in [0.29, 0.717) is 11.3 Å². The average Bonchev–Trinajstić information content (AvgIpc) is 2.86. The van der Waals surface area contributed by atoms with Gasteiger partial charge in [-0.05, 0) is 44.5 Å². The molecule has 43 heavy (non-hydrogen) atoms. The van der Waals surface area contributed by atoms with Gasteiger partial charge in [-0.2, -0.15) is 8.42 Å². The van der Waals surface area contributed by atoms with E-state index in [1.54, 1.807) is 19.0 Å². The van der Waals surface area contributed by atoms with Gasteiger partial charge in [0.1, 0.15) is 17.1 Å². The average molecular weight is 629 g/mol. The Balaban J connectivity index is 0.000000934. The molecule has 18 heteroatoms. The van der Waals surface area contributed by atoms with Crippen molar-refractivity contribution in [1.29, 1.82) is 0 Å². The number of hydrogen-bond donors (Lipinski definition) is 8. The van der Waals surface area contributed by atoms with E-state index in [1.165, 1.54) is 25.1 Å². The first kappa shape index (κ1) is 33.3. The fraction of sp³-hybridized carbons (Fsp3) is 0.440. The first-order valence-corrected chi connectivity index (χ1v) is 13.8. The number of carbonyl (C=O) groups excluding carboxylic acids is 4. The largest absolute Gasteiger partial charge is 0.508 e. The Bertz CT molecular complexity index is 1570. The minimum absolute atomic E-state index is 0.0262. The normalized spacial score (nSPS) is 24.8. The molecule has 17 nitrogen and oxygen atoms in total. The summed E-state index contributed by atoms with van der Waals surface area (Å²) in [4.78, 5) is 54.1. The van der Waals surface area contributed by atoms with E-state index >= 15 is 0 Å². The number of aliphatic hydroxyl groups excluding tert-OH is 2. The molecule has 0 saturated heterocycles. The second-order valence-electron chi connectivity index (χ2n) is 10.6. The second-order valence-corrected chi connectivity index (χ2v) is 11.5. The molecule has 1 aromatic carbocycles. The van der Waals surface area contributed by atoms with Crippen LogP contribution in [0, 0.1) is 11.8 Å². The number of primary amides is 1. The van der Waals surface area contributed by atoms with Crippen LogP contribution in [0.4, 0.5) is 16.2 Å². The number of methoxy groups -OCH3 is 1. The topological polar surface area (TPSA) is 278 Å². The standard InChI is InChI=1S/C25H30N4O9.H2O4S/c1-28(2)13-8-12(27-24(36)38-5)18(30)15-10(13)6-9-7-11-17(29(3)4)20(32)16(23(26)35)22(34)25(11,37)21(33)14(9)19(15)31;1-5(2,3)4/h8-9,11,17,30-31,34,37H,6-7H2,1-5H3,(H2,26,35)(H,27,36);(H2,1,2,3,4)/t9?,11?,17-,25-;/m0./s1. The lowest BCUT2D eigenvalue weighted by molar-refractivity contribution is -0.153. The van der Waals surface area contributed by atoms with Crippen molar-refractivity contribution in [1.82, 2.24) is 4.90 Å². The quantitative estimate of drug-likeness (QED) is 0.119. The molecule has 2 unspecified atom stereocenters. The smallest absolute Gasteiger partial charge is 0.411 e. The van der Waals surface area contributed by atoms with Crippen LogP contribution in [0.25, 0.3) is 5.76 Å². The highest BCUT2D eigenvalue weighted by Gasteiger charge is 2.64. The first-order valence-electron chi connectivity index (χ1n) is 12.4. The Morgan fingerprint density at radius 2 is 1.67 bits per heavy atom. The van der Waals surface area contributed by atoms with Crippen molar-refractivity contribution < 1.29 is 61.9 Å². The number of carbonyl (C=O) groups is 4. The molecular weight excluding hydrogens is 596 g/mol. The van der Waals surface area contributed by atoms with Crippen LogP contribution in [0.3, 0.4) is 0 Å². The highest BCUT2D eigenvalue weighted by atomic mass is 32.3. The van der Waals surface area contributed by atoms with Gasteiger partial charge in [0.15, 0.2) is 17.1 Å². The van der Waals surface area contributed by atoms with E-state index in [2.05, 4.69) is 10.1 Å². The number of aromatic hydroxyl groups is 1. The monoisotopic (exact) mass is 628 g/mol. The molecule has 0 aromatic heterocycles. The van der Waals surface area contributed by atoms with Crippen molar-refractivity contribution in [3.8, 4) is 5.75 Å². The number of Topliss-reactive ketones (excluding diaryl/α,β-unsaturated/α-hetero) is 2. The molecule has 0 radical (unpaired) electrons. The number of amides is 2. The Labute approximate surface area is 245 Å². The number of likely N-dealkylation sites (N-methyl/N-ethyl adjacent to an activating group) is 1. The summed E-state index contributed by atoms with van der Waals surface area (Å²) in [5.74, 6) is -7.48. The number of benzene rings is 1. The summed E-state index contributed by atoms with van der Waals surface area (Å²) < 4.78 is 36.2. The Hall–Kier alpha value is -4.23. The van der Waals surface area contributed by atoms with Crippen LogP contribution in [0.1, 0.15) is 17.5 Å². The molecule has 0 spiro atoms. The number of hydrogen-bond acceptors (Lipinski definition) is 13. The zero-order valence-electron chi connectivity index (χ0n) is 23.6. The molecule has 4 rings (SSSR count). The first-order chi connectivity index (χ1) is 19.7. The molecule has 9 N–H and O–H groups in total. The summed E-state index contributed by atoms with van der Waals surface area (Å²) in [6.45, 7) is 0. The Morgan fingerprint density at radius 1 is 1.12 bits per heavy atom. The van der Waals surface area contributed by atoms with Gasteiger partial charge in [-0.3, -0.25) is 33.7 Å². The molecule has 236 valence electrons. The van der Waals surface area contributed by atoms with Gasteiger partial charge in [0.2, 0.25) is 5.78 Å². The SMILES string of the molecule is COC(=O)Nc1cc(N(C)C)c2c(c1O)C(O)=C1C(=O)[C@]3(O)C(O)=C(C(N)=O)C(=O)[C@@H](N(C)C)C3CC1C2.O=S(=O)(O)O. The molecule has 0 heterocycles. The van der Waals surface area contributed by atoms with Gasteiger partial charge in [0.25, 0.3) is 5.91 Å². The number of nitrogens with two attached hydrogens (primary N) is 1. The van der Waals surface area contributed by atoms with Gasteiger partial charge < -0.3 is 35.8 Å². The molecule has 0 bridgehead atoms. The van der Waals surface area contributed by atoms with Gasteiger partial charge in [-0.25, -0.2) is 4.79 Å². The third kappa shape index (κ3) is 5.74. The lowest BCUT2D eigenvalue weighted by Crippen LogP contribution is -2.65. The number of ketones is 2. The number of ether oxygens (including phenoxy) is 1. The number of anilines is 2. The van der Waals surface area contributed by atoms with Crippen LogP contribution in [-0.4, -0.2) is 113 Å². The summed E-state index contributed by atoms with van der Waals surface area (Å²) in [6, 6.07) is 0.325. The molecule has 4 atom stereocenters. The number of phenols is 1. The third-order valence-electron chi connectivity index (χ3n) is 7.60. The van der Waals surface area contributed by atoms with Crippen molar-refractivity contribution in [3.63, 3.8) is 0 Å². The molecule has 3 aliphatic carbocycles. The number of phenolic OH excluding ortho intramolecular Hbond substituents is 1. The lowest BCUT2D eigenvalue weighted by atomic mass is 9.57. The minimum Gasteiger partial charge on any atom is -0.508 e. The van der Waals surface area contributed by atoms with E-state index in [-0.39, 0.29) is 29.7 Å². The molecule has 1 aromatic rings. The van der Waals surface area contributed by atoms with Crippen LogP contribution in [0.15, 0.2) is 23.0 Å². The molecule has 1 saturated carbocycles. The lowest BCUT2D eigenvalue weighted by Gasteiger charge is -2.50. The summed E-state index contributed by atoms with van der Waals surface area (Å²) >= 11 is 0. The maximum absolute atomic E-state index is 13.9. The van der Waals surface area contributed by atoms with E-state index in [9.17, 15) is 39.6 Å². The number of rotatable bonds is 4. The van der Waals surface area contributed by atoms with Crippen LogP contribution >= 0.6 is 0 Å².